The highest BCUT2D eigenvalue weighted by Crippen LogP contribution is 2.32. The minimum absolute atomic E-state index is 0.232. The molecule has 0 radical (unpaired) electrons. The summed E-state index contributed by atoms with van der Waals surface area (Å²) in [7, 11) is 1.60. The molecule has 1 aliphatic rings. The fourth-order valence-electron chi connectivity index (χ4n) is 3.40. The first-order valence-electron chi connectivity index (χ1n) is 9.79. The third-order valence-corrected chi connectivity index (χ3v) is 4.91. The number of anilines is 1. The summed E-state index contributed by atoms with van der Waals surface area (Å²) in [6, 6.07) is 12.2. The van der Waals surface area contributed by atoms with Crippen molar-refractivity contribution >= 4 is 23.6 Å². The van der Waals surface area contributed by atoms with Crippen molar-refractivity contribution in [2.24, 2.45) is 5.73 Å². The van der Waals surface area contributed by atoms with Crippen LogP contribution in [0.1, 0.15) is 48.0 Å². The SMILES string of the molecule is COc1cc(/C=C/C(=O)Nc2ccccc2C(N)=O)ccc1OC1CCCCC1. The molecule has 0 unspecified atom stereocenters. The van der Waals surface area contributed by atoms with E-state index in [4.69, 9.17) is 15.2 Å². The summed E-state index contributed by atoms with van der Waals surface area (Å²) < 4.78 is 11.6. The van der Waals surface area contributed by atoms with E-state index in [0.29, 0.717) is 11.4 Å². The van der Waals surface area contributed by atoms with E-state index in [-0.39, 0.29) is 17.6 Å². The monoisotopic (exact) mass is 394 g/mol. The van der Waals surface area contributed by atoms with Crippen LogP contribution in [-0.4, -0.2) is 25.0 Å². The van der Waals surface area contributed by atoms with E-state index in [9.17, 15) is 9.59 Å². The molecular formula is C23H26N2O4. The molecule has 1 fully saturated rings. The Kier molecular flexibility index (Phi) is 6.89. The van der Waals surface area contributed by atoms with Crippen LogP contribution in [0.2, 0.25) is 0 Å². The Morgan fingerprint density at radius 3 is 2.55 bits per heavy atom. The van der Waals surface area contributed by atoms with Gasteiger partial charge < -0.3 is 20.5 Å². The number of carbonyl (C=O) groups is 2. The zero-order chi connectivity index (χ0) is 20.6. The predicted octanol–water partition coefficient (Wildman–Crippen LogP) is 4.16. The molecule has 1 aliphatic carbocycles. The number of rotatable bonds is 7. The van der Waals surface area contributed by atoms with Crippen molar-refractivity contribution in [2.45, 2.75) is 38.2 Å². The molecule has 0 aliphatic heterocycles. The van der Waals surface area contributed by atoms with Crippen molar-refractivity contribution in [3.63, 3.8) is 0 Å². The molecule has 0 saturated heterocycles. The third-order valence-electron chi connectivity index (χ3n) is 4.91. The van der Waals surface area contributed by atoms with Crippen LogP contribution in [0, 0.1) is 0 Å². The van der Waals surface area contributed by atoms with Gasteiger partial charge in [0.25, 0.3) is 5.91 Å². The van der Waals surface area contributed by atoms with Crippen molar-refractivity contribution in [2.75, 3.05) is 12.4 Å². The summed E-state index contributed by atoms with van der Waals surface area (Å²) in [6.07, 6.45) is 9.10. The number of primary amides is 1. The van der Waals surface area contributed by atoms with Gasteiger partial charge in [-0.1, -0.05) is 24.6 Å². The average Bonchev–Trinajstić information content (AvgIpc) is 2.74. The second-order valence-corrected chi connectivity index (χ2v) is 7.02. The topological polar surface area (TPSA) is 90.6 Å². The van der Waals surface area contributed by atoms with Gasteiger partial charge in [-0.05, 0) is 61.6 Å². The molecule has 3 N–H and O–H groups in total. The molecule has 0 atom stereocenters. The number of nitrogens with one attached hydrogen (secondary N) is 1. The van der Waals surface area contributed by atoms with Gasteiger partial charge in [-0.15, -0.1) is 0 Å². The largest absolute Gasteiger partial charge is 0.493 e. The van der Waals surface area contributed by atoms with E-state index in [1.807, 2.05) is 18.2 Å². The summed E-state index contributed by atoms with van der Waals surface area (Å²) in [6.45, 7) is 0. The Hall–Kier alpha value is -3.28. The van der Waals surface area contributed by atoms with Crippen molar-refractivity contribution in [1.82, 2.24) is 0 Å². The number of ether oxygens (including phenoxy) is 2. The fourth-order valence-corrected chi connectivity index (χ4v) is 3.40. The first-order chi connectivity index (χ1) is 14.1. The van der Waals surface area contributed by atoms with Crippen molar-refractivity contribution < 1.29 is 19.1 Å². The van der Waals surface area contributed by atoms with Gasteiger partial charge in [-0.25, -0.2) is 0 Å². The minimum Gasteiger partial charge on any atom is -0.493 e. The Morgan fingerprint density at radius 2 is 1.83 bits per heavy atom. The maximum absolute atomic E-state index is 12.2. The lowest BCUT2D eigenvalue weighted by atomic mass is 9.98. The van der Waals surface area contributed by atoms with Crippen molar-refractivity contribution in [3.8, 4) is 11.5 Å². The Labute approximate surface area is 170 Å². The lowest BCUT2D eigenvalue weighted by Gasteiger charge is -2.24. The predicted molar refractivity (Wildman–Crippen MR) is 113 cm³/mol. The lowest BCUT2D eigenvalue weighted by Crippen LogP contribution is -2.19. The van der Waals surface area contributed by atoms with Crippen LogP contribution >= 0.6 is 0 Å². The average molecular weight is 394 g/mol. The molecule has 2 aromatic carbocycles. The summed E-state index contributed by atoms with van der Waals surface area (Å²) >= 11 is 0. The number of benzene rings is 2. The summed E-state index contributed by atoms with van der Waals surface area (Å²) in [5.74, 6) is 0.400. The summed E-state index contributed by atoms with van der Waals surface area (Å²) in [5, 5.41) is 2.67. The van der Waals surface area contributed by atoms with Gasteiger partial charge in [0.2, 0.25) is 5.91 Å². The molecule has 0 heterocycles. The van der Waals surface area contributed by atoms with E-state index < -0.39 is 5.91 Å². The first-order valence-corrected chi connectivity index (χ1v) is 9.79. The zero-order valence-corrected chi connectivity index (χ0v) is 16.5. The first kappa shape index (κ1) is 20.5. The molecule has 6 heteroatoms. The number of para-hydroxylation sites is 1. The van der Waals surface area contributed by atoms with E-state index in [1.54, 1.807) is 37.5 Å². The van der Waals surface area contributed by atoms with Crippen LogP contribution < -0.4 is 20.5 Å². The summed E-state index contributed by atoms with van der Waals surface area (Å²) in [5.41, 5.74) is 6.78. The minimum atomic E-state index is -0.594. The van der Waals surface area contributed by atoms with E-state index in [1.165, 1.54) is 25.3 Å². The molecule has 3 rings (SSSR count). The molecule has 29 heavy (non-hydrogen) atoms. The molecule has 0 aromatic heterocycles. The van der Waals surface area contributed by atoms with Crippen LogP contribution in [0.5, 0.6) is 11.5 Å². The van der Waals surface area contributed by atoms with Crippen LogP contribution in [0.15, 0.2) is 48.5 Å². The van der Waals surface area contributed by atoms with E-state index >= 15 is 0 Å². The normalized spacial score (nSPS) is 14.5. The van der Waals surface area contributed by atoms with E-state index in [2.05, 4.69) is 5.32 Å². The van der Waals surface area contributed by atoms with Gasteiger partial charge >= 0.3 is 0 Å². The van der Waals surface area contributed by atoms with E-state index in [0.717, 1.165) is 24.2 Å². The molecule has 1 saturated carbocycles. The Balaban J connectivity index is 1.67. The van der Waals surface area contributed by atoms with Crippen LogP contribution in [0.4, 0.5) is 5.69 Å². The number of carbonyl (C=O) groups excluding carboxylic acids is 2. The maximum Gasteiger partial charge on any atom is 0.250 e. The highest BCUT2D eigenvalue weighted by molar-refractivity contribution is 6.07. The number of hydrogen-bond acceptors (Lipinski definition) is 4. The number of methoxy groups -OCH3 is 1. The molecule has 0 bridgehead atoms. The van der Waals surface area contributed by atoms with Gasteiger partial charge in [0, 0.05) is 6.08 Å². The fraction of sp³-hybridized carbons (Fsp3) is 0.304. The molecule has 2 aromatic rings. The number of nitrogens with two attached hydrogens (primary N) is 1. The standard InChI is InChI=1S/C23H26N2O4/c1-28-21-15-16(11-13-20(21)29-17-7-3-2-4-8-17)12-14-22(26)25-19-10-6-5-9-18(19)23(24)27/h5-6,9-15,17H,2-4,7-8H2,1H3,(H2,24,27)(H,25,26)/b14-12+. The maximum atomic E-state index is 12.2. The number of amides is 2. The second kappa shape index (κ2) is 9.78. The second-order valence-electron chi connectivity index (χ2n) is 7.02. The van der Waals surface area contributed by atoms with Gasteiger partial charge in [0.1, 0.15) is 0 Å². The quantitative estimate of drug-likeness (QED) is 0.690. The Morgan fingerprint density at radius 1 is 1.07 bits per heavy atom. The van der Waals surface area contributed by atoms with Crippen LogP contribution in [0.3, 0.4) is 0 Å². The van der Waals surface area contributed by atoms with Crippen molar-refractivity contribution in [3.05, 3.63) is 59.7 Å². The molecular weight excluding hydrogens is 368 g/mol. The van der Waals surface area contributed by atoms with Crippen molar-refractivity contribution in [1.29, 1.82) is 0 Å². The molecule has 152 valence electrons. The van der Waals surface area contributed by atoms with Crippen LogP contribution in [0.25, 0.3) is 6.08 Å². The highest BCUT2D eigenvalue weighted by atomic mass is 16.5. The van der Waals surface area contributed by atoms with Gasteiger partial charge in [-0.3, -0.25) is 9.59 Å². The third kappa shape index (κ3) is 5.60. The molecule has 2 amide bonds. The van der Waals surface area contributed by atoms with Gasteiger partial charge in [0.05, 0.1) is 24.5 Å². The molecule has 0 spiro atoms. The van der Waals surface area contributed by atoms with Gasteiger partial charge in [0.15, 0.2) is 11.5 Å². The lowest BCUT2D eigenvalue weighted by molar-refractivity contribution is -0.111. The van der Waals surface area contributed by atoms with Gasteiger partial charge in [-0.2, -0.15) is 0 Å². The number of hydrogen-bond donors (Lipinski definition) is 2. The highest BCUT2D eigenvalue weighted by Gasteiger charge is 2.17. The van der Waals surface area contributed by atoms with Crippen LogP contribution in [-0.2, 0) is 4.79 Å². The zero-order valence-electron chi connectivity index (χ0n) is 16.5. The smallest absolute Gasteiger partial charge is 0.250 e. The molecule has 6 nitrogen and oxygen atoms in total. The summed E-state index contributed by atoms with van der Waals surface area (Å²) in [4.78, 5) is 23.7. The Bertz CT molecular complexity index is 902.